The Hall–Kier alpha value is -0.820. The highest BCUT2D eigenvalue weighted by atomic mass is 35.5. The molecule has 0 bridgehead atoms. The Morgan fingerprint density at radius 3 is 2.09 bits per heavy atom. The second-order valence-electron chi connectivity index (χ2n) is 5.91. The summed E-state index contributed by atoms with van der Waals surface area (Å²) >= 11 is 12.1. The fraction of sp³-hybridized carbons (Fsp3) is 0.533. The summed E-state index contributed by atoms with van der Waals surface area (Å²) < 4.78 is 26.9. The number of hydrogen-bond donors (Lipinski definition) is 0. The van der Waals surface area contributed by atoms with Gasteiger partial charge in [-0.3, -0.25) is 4.79 Å². The number of nitrogens with zero attached hydrogens (tertiary/aromatic N) is 2. The molecule has 5 nitrogen and oxygen atoms in total. The summed E-state index contributed by atoms with van der Waals surface area (Å²) in [4.78, 5) is 14.0. The molecule has 2 saturated heterocycles. The maximum absolute atomic E-state index is 12.8. The molecular weight excluding hydrogens is 359 g/mol. The molecule has 2 fully saturated rings. The Bertz CT molecular complexity index is 691. The van der Waals surface area contributed by atoms with Crippen molar-refractivity contribution in [2.45, 2.75) is 24.2 Å². The molecule has 23 heavy (non-hydrogen) atoms. The standard InChI is InChI=1S/C15H18Cl2N2O3S/c16-12-3-1-4-13(17)14(12)23(21,22)19-9-5-11(6-10-19)15(20)18-7-2-8-18/h1,3-4,11H,2,5-10H2. The Kier molecular flexibility index (Phi) is 4.88. The second-order valence-corrected chi connectivity index (χ2v) is 8.60. The van der Waals surface area contributed by atoms with Crippen molar-refractivity contribution in [3.05, 3.63) is 28.2 Å². The second kappa shape index (κ2) is 6.59. The molecule has 3 rings (SSSR count). The third-order valence-corrected chi connectivity index (χ3v) is 7.34. The number of hydrogen-bond acceptors (Lipinski definition) is 3. The van der Waals surface area contributed by atoms with Crippen molar-refractivity contribution in [2.24, 2.45) is 5.92 Å². The first-order valence-electron chi connectivity index (χ1n) is 7.64. The van der Waals surface area contributed by atoms with E-state index in [0.717, 1.165) is 19.5 Å². The largest absolute Gasteiger partial charge is 0.342 e. The third kappa shape index (κ3) is 3.22. The van der Waals surface area contributed by atoms with E-state index in [1.807, 2.05) is 4.90 Å². The maximum atomic E-state index is 12.8. The molecule has 0 aromatic heterocycles. The molecule has 0 saturated carbocycles. The van der Waals surface area contributed by atoms with E-state index in [4.69, 9.17) is 23.2 Å². The maximum Gasteiger partial charge on any atom is 0.246 e. The summed E-state index contributed by atoms with van der Waals surface area (Å²) in [6.07, 6.45) is 2.14. The van der Waals surface area contributed by atoms with Crippen LogP contribution in [0.15, 0.2) is 23.1 Å². The summed E-state index contributed by atoms with van der Waals surface area (Å²) in [6.45, 7) is 2.28. The Morgan fingerprint density at radius 1 is 1.04 bits per heavy atom. The number of likely N-dealkylation sites (tertiary alicyclic amines) is 1. The minimum atomic E-state index is -3.74. The number of sulfonamides is 1. The topological polar surface area (TPSA) is 57.7 Å². The van der Waals surface area contributed by atoms with Crippen molar-refractivity contribution >= 4 is 39.1 Å². The summed E-state index contributed by atoms with van der Waals surface area (Å²) in [5, 5.41) is 0.243. The molecule has 0 aliphatic carbocycles. The van der Waals surface area contributed by atoms with Gasteiger partial charge in [0, 0.05) is 32.1 Å². The van der Waals surface area contributed by atoms with Gasteiger partial charge in [0.1, 0.15) is 4.90 Å². The van der Waals surface area contributed by atoms with Gasteiger partial charge in [0.05, 0.1) is 10.0 Å². The van der Waals surface area contributed by atoms with Gasteiger partial charge in [0.25, 0.3) is 0 Å². The van der Waals surface area contributed by atoms with Gasteiger partial charge >= 0.3 is 0 Å². The SMILES string of the molecule is O=C(C1CCN(S(=O)(=O)c2c(Cl)cccc2Cl)CC1)N1CCC1. The van der Waals surface area contributed by atoms with Crippen LogP contribution in [-0.4, -0.2) is 49.7 Å². The number of piperidine rings is 1. The van der Waals surface area contributed by atoms with Gasteiger partial charge in [-0.25, -0.2) is 8.42 Å². The first kappa shape index (κ1) is 17.0. The number of amides is 1. The molecule has 8 heteroatoms. The van der Waals surface area contributed by atoms with Gasteiger partial charge in [0.2, 0.25) is 15.9 Å². The molecule has 0 atom stereocenters. The number of halogens is 2. The molecule has 0 N–H and O–H groups in total. The Balaban J connectivity index is 1.72. The van der Waals surface area contributed by atoms with Crippen LogP contribution in [-0.2, 0) is 14.8 Å². The average Bonchev–Trinajstić information content (AvgIpc) is 2.45. The molecule has 2 heterocycles. The quantitative estimate of drug-likeness (QED) is 0.814. The van der Waals surface area contributed by atoms with Gasteiger partial charge in [0.15, 0.2) is 0 Å². The highest BCUT2D eigenvalue weighted by molar-refractivity contribution is 7.89. The zero-order valence-corrected chi connectivity index (χ0v) is 14.9. The van der Waals surface area contributed by atoms with Crippen molar-refractivity contribution in [1.29, 1.82) is 0 Å². The van der Waals surface area contributed by atoms with Crippen LogP contribution in [0.5, 0.6) is 0 Å². The van der Waals surface area contributed by atoms with Crippen LogP contribution in [0.25, 0.3) is 0 Å². The van der Waals surface area contributed by atoms with E-state index >= 15 is 0 Å². The molecule has 1 amide bonds. The lowest BCUT2D eigenvalue weighted by atomic mass is 9.95. The van der Waals surface area contributed by atoms with Crippen molar-refractivity contribution in [2.75, 3.05) is 26.2 Å². The van der Waals surface area contributed by atoms with Crippen LogP contribution in [0.3, 0.4) is 0 Å². The van der Waals surface area contributed by atoms with Crippen molar-refractivity contribution in [3.8, 4) is 0 Å². The minimum absolute atomic E-state index is 0.0455. The molecule has 0 spiro atoms. The van der Waals surface area contributed by atoms with Gasteiger partial charge in [-0.15, -0.1) is 0 Å². The van der Waals surface area contributed by atoms with Crippen LogP contribution < -0.4 is 0 Å². The van der Waals surface area contributed by atoms with Crippen LogP contribution in [0, 0.1) is 5.92 Å². The lowest BCUT2D eigenvalue weighted by molar-refractivity contribution is -0.140. The van der Waals surface area contributed by atoms with E-state index in [2.05, 4.69) is 0 Å². The van der Waals surface area contributed by atoms with E-state index in [1.54, 1.807) is 6.07 Å². The number of rotatable bonds is 3. The first-order chi connectivity index (χ1) is 10.9. The van der Waals surface area contributed by atoms with Crippen LogP contribution in [0.1, 0.15) is 19.3 Å². The third-order valence-electron chi connectivity index (χ3n) is 4.49. The number of benzene rings is 1. The predicted molar refractivity (Wildman–Crippen MR) is 89.1 cm³/mol. The van der Waals surface area contributed by atoms with Crippen molar-refractivity contribution in [3.63, 3.8) is 0 Å². The molecule has 0 unspecified atom stereocenters. The van der Waals surface area contributed by atoms with E-state index < -0.39 is 10.0 Å². The number of carbonyl (C=O) groups excluding carboxylic acids is 1. The van der Waals surface area contributed by atoms with Gasteiger partial charge in [-0.1, -0.05) is 29.3 Å². The molecule has 1 aromatic rings. The molecular formula is C15H18Cl2N2O3S. The fourth-order valence-corrected chi connectivity index (χ4v) is 5.56. The lowest BCUT2D eigenvalue weighted by Crippen LogP contribution is -2.48. The Morgan fingerprint density at radius 2 is 1.61 bits per heavy atom. The number of carbonyl (C=O) groups is 1. The van der Waals surface area contributed by atoms with Gasteiger partial charge in [-0.05, 0) is 31.4 Å². The van der Waals surface area contributed by atoms with Crippen LogP contribution >= 0.6 is 23.2 Å². The van der Waals surface area contributed by atoms with Crippen LogP contribution in [0.4, 0.5) is 0 Å². The van der Waals surface area contributed by atoms with E-state index in [9.17, 15) is 13.2 Å². The highest BCUT2D eigenvalue weighted by Gasteiger charge is 2.36. The lowest BCUT2D eigenvalue weighted by Gasteiger charge is -2.37. The van der Waals surface area contributed by atoms with E-state index in [0.29, 0.717) is 25.9 Å². The highest BCUT2D eigenvalue weighted by Crippen LogP contribution is 2.33. The van der Waals surface area contributed by atoms with Gasteiger partial charge in [-0.2, -0.15) is 4.31 Å². The van der Waals surface area contributed by atoms with Crippen molar-refractivity contribution in [1.82, 2.24) is 9.21 Å². The monoisotopic (exact) mass is 376 g/mol. The minimum Gasteiger partial charge on any atom is -0.342 e. The van der Waals surface area contributed by atoms with E-state index in [-0.39, 0.29) is 26.8 Å². The van der Waals surface area contributed by atoms with Crippen molar-refractivity contribution < 1.29 is 13.2 Å². The molecule has 1 aromatic carbocycles. The molecule has 2 aliphatic rings. The van der Waals surface area contributed by atoms with Crippen LogP contribution in [0.2, 0.25) is 10.0 Å². The smallest absolute Gasteiger partial charge is 0.246 e. The summed E-state index contributed by atoms with van der Waals surface area (Å²) in [7, 11) is -3.74. The fourth-order valence-electron chi connectivity index (χ4n) is 3.00. The normalized spacial score (nSPS) is 20.3. The average molecular weight is 377 g/mol. The first-order valence-corrected chi connectivity index (χ1v) is 9.84. The molecule has 0 radical (unpaired) electrons. The predicted octanol–water partition coefficient (Wildman–Crippen LogP) is 2.63. The molecule has 2 aliphatic heterocycles. The Labute approximate surface area is 146 Å². The summed E-state index contributed by atoms with van der Waals surface area (Å²) in [6, 6.07) is 4.64. The zero-order valence-electron chi connectivity index (χ0n) is 12.5. The van der Waals surface area contributed by atoms with E-state index in [1.165, 1.54) is 16.4 Å². The summed E-state index contributed by atoms with van der Waals surface area (Å²) in [5.41, 5.74) is 0. The van der Waals surface area contributed by atoms with Gasteiger partial charge < -0.3 is 4.90 Å². The zero-order chi connectivity index (χ0) is 16.6. The molecule has 126 valence electrons. The summed E-state index contributed by atoms with van der Waals surface area (Å²) in [5.74, 6) is 0.0764.